The number of fused-ring (bicyclic) bond motifs is 2. The number of aliphatic carboxylic acids is 2. The maximum Gasteiger partial charge on any atom is 0.414 e. The van der Waals surface area contributed by atoms with Gasteiger partial charge in [-0.3, -0.25) is 4.79 Å². The minimum atomic E-state index is -1.82. The highest BCUT2D eigenvalue weighted by atomic mass is 16.5. The summed E-state index contributed by atoms with van der Waals surface area (Å²) < 4.78 is 13.5. The van der Waals surface area contributed by atoms with Crippen molar-refractivity contribution >= 4 is 28.9 Å². The van der Waals surface area contributed by atoms with Crippen LogP contribution in [0.2, 0.25) is 0 Å². The number of amides is 1. The largest absolute Gasteiger partial charge is 0.481 e. The lowest BCUT2D eigenvalue weighted by Crippen LogP contribution is -2.33. The molecule has 0 unspecified atom stereocenters. The fourth-order valence-electron chi connectivity index (χ4n) is 4.19. The Kier molecular flexibility index (Phi) is 8.85. The van der Waals surface area contributed by atoms with Crippen molar-refractivity contribution in [3.05, 3.63) is 58.9 Å². The number of aromatic nitrogens is 2. The fraction of sp³-hybridized carbons (Fsp3) is 0.385. The first-order chi connectivity index (χ1) is 17.6. The third-order valence-corrected chi connectivity index (χ3v) is 6.23. The molecule has 198 valence electrons. The average molecular weight is 514 g/mol. The second kappa shape index (κ2) is 11.8. The molecule has 4 rings (SSSR count). The molecule has 0 saturated heterocycles. The Morgan fingerprint density at radius 1 is 1.16 bits per heavy atom. The molecule has 3 aromatic rings. The number of hydrogen-bond donors (Lipinski definition) is 3. The second-order valence-corrected chi connectivity index (χ2v) is 8.56. The van der Waals surface area contributed by atoms with Crippen molar-refractivity contribution in [1.29, 1.82) is 0 Å². The lowest BCUT2D eigenvalue weighted by Gasteiger charge is -2.22. The van der Waals surface area contributed by atoms with E-state index in [1.807, 2.05) is 55.8 Å². The number of imidazole rings is 1. The fourth-order valence-corrected chi connectivity index (χ4v) is 4.19. The Morgan fingerprint density at radius 3 is 2.46 bits per heavy atom. The number of rotatable bonds is 7. The maximum absolute atomic E-state index is 13.2. The SMILES string of the molecule is CCN(CCOC)C(=O)c1cc(O[C@@H]2c3ccccc3C[C@H]2O)c2nc(C)n(C)c2c1.O=C(O)C(=O)O. The number of carboxylic acid groups (broad SMARTS) is 2. The summed E-state index contributed by atoms with van der Waals surface area (Å²) in [6.45, 7) is 5.43. The lowest BCUT2D eigenvalue weighted by molar-refractivity contribution is -0.159. The molecule has 37 heavy (non-hydrogen) atoms. The first kappa shape index (κ1) is 27.6. The highest BCUT2D eigenvalue weighted by Gasteiger charge is 2.33. The van der Waals surface area contributed by atoms with E-state index < -0.39 is 24.1 Å². The van der Waals surface area contributed by atoms with E-state index in [1.165, 1.54) is 0 Å². The maximum atomic E-state index is 13.2. The number of carboxylic acids is 2. The average Bonchev–Trinajstić information content (AvgIpc) is 3.35. The number of aliphatic hydroxyl groups is 1. The molecule has 2 aromatic carbocycles. The number of methoxy groups -OCH3 is 1. The van der Waals surface area contributed by atoms with Crippen molar-refractivity contribution in [3.8, 4) is 5.75 Å². The van der Waals surface area contributed by atoms with E-state index in [4.69, 9.17) is 29.3 Å². The number of aryl methyl sites for hydroxylation is 2. The van der Waals surface area contributed by atoms with Gasteiger partial charge in [0.1, 0.15) is 17.1 Å². The molecule has 3 N–H and O–H groups in total. The molecule has 1 amide bonds. The number of carbonyl (C=O) groups excluding carboxylic acids is 1. The number of carbonyl (C=O) groups is 3. The topological polar surface area (TPSA) is 151 Å². The van der Waals surface area contributed by atoms with Crippen molar-refractivity contribution < 1.29 is 39.2 Å². The van der Waals surface area contributed by atoms with E-state index >= 15 is 0 Å². The Balaban J connectivity index is 0.000000568. The van der Waals surface area contributed by atoms with Gasteiger partial charge in [0.05, 0.1) is 18.2 Å². The predicted molar refractivity (Wildman–Crippen MR) is 134 cm³/mol. The van der Waals surface area contributed by atoms with Crippen molar-refractivity contribution in [2.45, 2.75) is 32.5 Å². The van der Waals surface area contributed by atoms with E-state index in [1.54, 1.807) is 18.1 Å². The van der Waals surface area contributed by atoms with Crippen LogP contribution in [0.5, 0.6) is 5.75 Å². The van der Waals surface area contributed by atoms with Crippen LogP contribution in [0.15, 0.2) is 36.4 Å². The number of hydrogen-bond acceptors (Lipinski definition) is 7. The molecule has 2 atom stereocenters. The van der Waals surface area contributed by atoms with Gasteiger partial charge in [0.25, 0.3) is 5.91 Å². The number of likely N-dealkylation sites (N-methyl/N-ethyl adjacent to an activating group) is 1. The summed E-state index contributed by atoms with van der Waals surface area (Å²) in [5.74, 6) is -2.40. The summed E-state index contributed by atoms with van der Waals surface area (Å²) >= 11 is 0. The van der Waals surface area contributed by atoms with Gasteiger partial charge < -0.3 is 34.3 Å². The van der Waals surface area contributed by atoms with E-state index in [2.05, 4.69) is 4.98 Å². The summed E-state index contributed by atoms with van der Waals surface area (Å²) in [4.78, 5) is 37.8. The van der Waals surface area contributed by atoms with E-state index in [-0.39, 0.29) is 5.91 Å². The summed E-state index contributed by atoms with van der Waals surface area (Å²) in [5.41, 5.74) is 4.10. The van der Waals surface area contributed by atoms with Crippen molar-refractivity contribution in [1.82, 2.24) is 14.5 Å². The minimum absolute atomic E-state index is 0.0856. The molecule has 11 nitrogen and oxygen atoms in total. The van der Waals surface area contributed by atoms with Gasteiger partial charge in [0, 0.05) is 39.2 Å². The van der Waals surface area contributed by atoms with Crippen LogP contribution in [-0.2, 0) is 27.8 Å². The highest BCUT2D eigenvalue weighted by Crippen LogP contribution is 2.38. The molecular formula is C26H31N3O8. The molecule has 1 aromatic heterocycles. The van der Waals surface area contributed by atoms with Crippen molar-refractivity contribution in [2.75, 3.05) is 26.8 Å². The van der Waals surface area contributed by atoms with E-state index in [9.17, 15) is 9.90 Å². The van der Waals surface area contributed by atoms with Crippen LogP contribution >= 0.6 is 0 Å². The second-order valence-electron chi connectivity index (χ2n) is 8.56. The highest BCUT2D eigenvalue weighted by molar-refractivity contribution is 6.27. The molecule has 0 fully saturated rings. The minimum Gasteiger partial charge on any atom is -0.481 e. The molecule has 0 saturated carbocycles. The Hall–Kier alpha value is -3.96. The monoisotopic (exact) mass is 513 g/mol. The van der Waals surface area contributed by atoms with E-state index in [0.29, 0.717) is 42.9 Å². The summed E-state index contributed by atoms with van der Waals surface area (Å²) in [5, 5.41) is 25.4. The van der Waals surface area contributed by atoms with Gasteiger partial charge in [0.2, 0.25) is 0 Å². The summed E-state index contributed by atoms with van der Waals surface area (Å²) in [6.07, 6.45) is -0.599. The van der Waals surface area contributed by atoms with Gasteiger partial charge in [-0.2, -0.15) is 0 Å². The zero-order valence-corrected chi connectivity index (χ0v) is 21.2. The Morgan fingerprint density at radius 2 is 1.84 bits per heavy atom. The smallest absolute Gasteiger partial charge is 0.414 e. The molecule has 1 heterocycles. The molecule has 0 radical (unpaired) electrons. The molecule has 11 heteroatoms. The van der Waals surface area contributed by atoms with Crippen LogP contribution in [0.25, 0.3) is 11.0 Å². The molecule has 1 aliphatic rings. The van der Waals surface area contributed by atoms with Gasteiger partial charge in [-0.1, -0.05) is 24.3 Å². The van der Waals surface area contributed by atoms with Gasteiger partial charge in [-0.05, 0) is 37.1 Å². The standard InChI is InChI=1S/C24H29N3O4.C2H2O4/c1-5-27(10-11-30-4)24(29)17-12-19-22(25-15(2)26(19)3)21(14-17)31-23-18-9-7-6-8-16(18)13-20(23)28;3-1(4)2(5)6/h6-9,12,14,20,23,28H,5,10-11,13H2,1-4H3;(H,3,4)(H,5,6)/t20-,23-;/m1./s1. The van der Waals surface area contributed by atoms with Crippen LogP contribution in [-0.4, -0.2) is 80.5 Å². The third-order valence-electron chi connectivity index (χ3n) is 6.23. The number of nitrogens with zero attached hydrogens (tertiary/aromatic N) is 3. The van der Waals surface area contributed by atoms with Crippen LogP contribution in [0, 0.1) is 6.92 Å². The molecule has 0 bridgehead atoms. The van der Waals surface area contributed by atoms with Crippen LogP contribution in [0.3, 0.4) is 0 Å². The Labute approximate surface area is 213 Å². The van der Waals surface area contributed by atoms with Crippen LogP contribution in [0.1, 0.15) is 40.3 Å². The van der Waals surface area contributed by atoms with Crippen molar-refractivity contribution in [2.24, 2.45) is 7.05 Å². The third kappa shape index (κ3) is 6.07. The molecule has 0 aliphatic heterocycles. The number of aliphatic hydroxyl groups excluding tert-OH is 1. The normalized spacial score (nSPS) is 16.0. The predicted octanol–water partition coefficient (Wildman–Crippen LogP) is 2.18. The van der Waals surface area contributed by atoms with Crippen LogP contribution < -0.4 is 4.74 Å². The lowest BCUT2D eigenvalue weighted by atomic mass is 10.1. The van der Waals surface area contributed by atoms with Crippen LogP contribution in [0.4, 0.5) is 0 Å². The quantitative estimate of drug-likeness (QED) is 0.404. The first-order valence-electron chi connectivity index (χ1n) is 11.7. The molecule has 0 spiro atoms. The molecule has 1 aliphatic carbocycles. The zero-order chi connectivity index (χ0) is 27.3. The molecular weight excluding hydrogens is 482 g/mol. The van der Waals surface area contributed by atoms with Gasteiger partial charge in [0.15, 0.2) is 6.10 Å². The van der Waals surface area contributed by atoms with Gasteiger partial charge in [-0.25, -0.2) is 14.6 Å². The Bertz CT molecular complexity index is 1290. The number of benzene rings is 2. The summed E-state index contributed by atoms with van der Waals surface area (Å²) in [7, 11) is 3.55. The van der Waals surface area contributed by atoms with Gasteiger partial charge >= 0.3 is 11.9 Å². The van der Waals surface area contributed by atoms with Crippen molar-refractivity contribution in [3.63, 3.8) is 0 Å². The summed E-state index contributed by atoms with van der Waals surface area (Å²) in [6, 6.07) is 11.5. The first-order valence-corrected chi connectivity index (χ1v) is 11.7. The van der Waals surface area contributed by atoms with Gasteiger partial charge in [-0.15, -0.1) is 0 Å². The van der Waals surface area contributed by atoms with E-state index in [0.717, 1.165) is 22.5 Å². The number of ether oxygens (including phenoxy) is 2. The zero-order valence-electron chi connectivity index (χ0n) is 21.2.